The number of piperidine rings is 1. The fourth-order valence-electron chi connectivity index (χ4n) is 5.62. The van der Waals surface area contributed by atoms with E-state index in [-0.39, 0.29) is 24.3 Å². The number of likely N-dealkylation sites (tertiary alicyclic amines) is 1. The maximum atomic E-state index is 14.0. The highest BCUT2D eigenvalue weighted by atomic mass is 16.5. The summed E-state index contributed by atoms with van der Waals surface area (Å²) < 4.78 is 16.1. The van der Waals surface area contributed by atoms with Crippen molar-refractivity contribution in [3.63, 3.8) is 0 Å². The van der Waals surface area contributed by atoms with Crippen molar-refractivity contribution in [2.24, 2.45) is 0 Å². The van der Waals surface area contributed by atoms with Crippen molar-refractivity contribution >= 4 is 23.4 Å². The molecule has 0 aliphatic carbocycles. The molecular weight excluding hydrogens is 488 g/mol. The zero-order chi connectivity index (χ0) is 26.7. The third-order valence-corrected chi connectivity index (χ3v) is 7.79. The molecule has 3 fully saturated rings. The van der Waals surface area contributed by atoms with E-state index in [4.69, 9.17) is 14.2 Å². The molecule has 2 aromatic rings. The fourth-order valence-corrected chi connectivity index (χ4v) is 5.62. The van der Waals surface area contributed by atoms with Crippen LogP contribution in [0.4, 0.5) is 5.69 Å². The zero-order valence-corrected chi connectivity index (χ0v) is 21.9. The first-order valence-electron chi connectivity index (χ1n) is 13.0. The third-order valence-electron chi connectivity index (χ3n) is 7.79. The van der Waals surface area contributed by atoms with Gasteiger partial charge in [-0.3, -0.25) is 14.4 Å². The highest BCUT2D eigenvalue weighted by Gasteiger charge is 2.54. The summed E-state index contributed by atoms with van der Waals surface area (Å²) in [5.74, 6) is 0.793. The molecule has 3 amide bonds. The van der Waals surface area contributed by atoms with Crippen molar-refractivity contribution in [3.8, 4) is 11.5 Å². The first-order valence-corrected chi connectivity index (χ1v) is 13.0. The molecule has 3 heterocycles. The van der Waals surface area contributed by atoms with Crippen LogP contribution in [0, 0.1) is 0 Å². The smallest absolute Gasteiger partial charge is 0.257 e. The number of carbonyl (C=O) groups excluding carboxylic acids is 3. The monoisotopic (exact) mass is 522 g/mol. The molecular formula is C28H34N4O6. The second-order valence-electron chi connectivity index (χ2n) is 9.79. The summed E-state index contributed by atoms with van der Waals surface area (Å²) in [5, 5.41) is 0. The van der Waals surface area contributed by atoms with Gasteiger partial charge in [-0.15, -0.1) is 0 Å². The molecule has 202 valence electrons. The number of carbonyl (C=O) groups is 3. The van der Waals surface area contributed by atoms with Crippen LogP contribution >= 0.6 is 0 Å². The van der Waals surface area contributed by atoms with Crippen molar-refractivity contribution in [2.75, 3.05) is 71.7 Å². The van der Waals surface area contributed by atoms with Crippen molar-refractivity contribution in [1.29, 1.82) is 0 Å². The number of hydrogen-bond acceptors (Lipinski definition) is 7. The third kappa shape index (κ3) is 4.76. The predicted octanol–water partition coefficient (Wildman–Crippen LogP) is 1.84. The Kier molecular flexibility index (Phi) is 7.42. The van der Waals surface area contributed by atoms with Gasteiger partial charge in [0.05, 0.1) is 39.7 Å². The van der Waals surface area contributed by atoms with Crippen LogP contribution in [0.1, 0.15) is 23.2 Å². The molecule has 0 aromatic heterocycles. The van der Waals surface area contributed by atoms with Gasteiger partial charge in [-0.25, -0.2) is 0 Å². The quantitative estimate of drug-likeness (QED) is 0.572. The topological polar surface area (TPSA) is 91.9 Å². The summed E-state index contributed by atoms with van der Waals surface area (Å²) in [7, 11) is 3.09. The molecule has 0 saturated carbocycles. The molecule has 0 N–H and O–H groups in total. The van der Waals surface area contributed by atoms with Crippen molar-refractivity contribution in [3.05, 3.63) is 54.1 Å². The van der Waals surface area contributed by atoms with E-state index in [9.17, 15) is 14.4 Å². The molecule has 0 atom stereocenters. The standard InChI is InChI=1S/C28H34N4O6/c1-36-22-8-9-23(24(18-22)37-2)26(34)30-12-10-28(11-13-30)27(35)31(19-25(33)29-14-16-38-17-15-29)20-32(28)21-6-4-3-5-7-21/h3-9,18H,10-17,19-20H2,1-2H3. The van der Waals surface area contributed by atoms with E-state index < -0.39 is 5.54 Å². The zero-order valence-electron chi connectivity index (χ0n) is 21.9. The minimum atomic E-state index is -0.812. The number of anilines is 1. The first-order chi connectivity index (χ1) is 18.5. The Morgan fingerprint density at radius 2 is 1.63 bits per heavy atom. The van der Waals surface area contributed by atoms with E-state index in [1.54, 1.807) is 40.0 Å². The van der Waals surface area contributed by atoms with Gasteiger partial charge in [0.1, 0.15) is 23.6 Å². The van der Waals surface area contributed by atoms with Crippen molar-refractivity contribution in [2.45, 2.75) is 18.4 Å². The molecule has 0 bridgehead atoms. The second kappa shape index (κ2) is 10.9. The van der Waals surface area contributed by atoms with Gasteiger partial charge < -0.3 is 33.8 Å². The minimum Gasteiger partial charge on any atom is -0.497 e. The number of benzene rings is 2. The number of hydrogen-bond donors (Lipinski definition) is 0. The van der Waals surface area contributed by atoms with Crippen LogP contribution in [0.2, 0.25) is 0 Å². The molecule has 0 radical (unpaired) electrons. The number of nitrogens with zero attached hydrogens (tertiary/aromatic N) is 4. The average molecular weight is 523 g/mol. The van der Waals surface area contributed by atoms with E-state index >= 15 is 0 Å². The van der Waals surface area contributed by atoms with Gasteiger partial charge in [0, 0.05) is 37.9 Å². The van der Waals surface area contributed by atoms with E-state index in [1.807, 2.05) is 30.3 Å². The predicted molar refractivity (Wildman–Crippen MR) is 140 cm³/mol. The summed E-state index contributed by atoms with van der Waals surface area (Å²) in [4.78, 5) is 47.7. The molecule has 3 aliphatic heterocycles. The average Bonchev–Trinajstić information content (AvgIpc) is 3.23. The van der Waals surface area contributed by atoms with Gasteiger partial charge in [0.15, 0.2) is 0 Å². The minimum absolute atomic E-state index is 0.0373. The van der Waals surface area contributed by atoms with Gasteiger partial charge in [0.25, 0.3) is 11.8 Å². The molecule has 3 saturated heterocycles. The lowest BCUT2D eigenvalue weighted by molar-refractivity contribution is -0.143. The van der Waals surface area contributed by atoms with Crippen molar-refractivity contribution < 1.29 is 28.6 Å². The maximum absolute atomic E-state index is 14.0. The van der Waals surface area contributed by atoms with Gasteiger partial charge in [-0.1, -0.05) is 18.2 Å². The molecule has 10 nitrogen and oxygen atoms in total. The lowest BCUT2D eigenvalue weighted by atomic mass is 9.85. The molecule has 5 rings (SSSR count). The lowest BCUT2D eigenvalue weighted by Gasteiger charge is -2.43. The molecule has 2 aromatic carbocycles. The van der Waals surface area contributed by atoms with Crippen LogP contribution in [0.25, 0.3) is 0 Å². The van der Waals surface area contributed by atoms with Crippen LogP contribution in [-0.2, 0) is 14.3 Å². The van der Waals surface area contributed by atoms with Crippen LogP contribution in [-0.4, -0.2) is 105 Å². The SMILES string of the molecule is COc1ccc(C(=O)N2CCC3(CC2)C(=O)N(CC(=O)N2CCOCC2)CN3c2ccccc2)c(OC)c1. The van der Waals surface area contributed by atoms with Gasteiger partial charge in [-0.05, 0) is 37.1 Å². The number of amides is 3. The van der Waals surface area contributed by atoms with Gasteiger partial charge >= 0.3 is 0 Å². The number of para-hydroxylation sites is 1. The molecule has 1 spiro atoms. The number of rotatable bonds is 6. The lowest BCUT2D eigenvalue weighted by Crippen LogP contribution is -2.57. The Bertz CT molecular complexity index is 1180. The fraction of sp³-hybridized carbons (Fsp3) is 0.464. The number of ether oxygens (including phenoxy) is 3. The molecule has 38 heavy (non-hydrogen) atoms. The van der Waals surface area contributed by atoms with Crippen LogP contribution in [0.15, 0.2) is 48.5 Å². The van der Waals surface area contributed by atoms with E-state index in [1.165, 1.54) is 7.11 Å². The largest absolute Gasteiger partial charge is 0.497 e. The number of morpholine rings is 1. The van der Waals surface area contributed by atoms with E-state index in [0.29, 0.717) is 76.0 Å². The summed E-state index contributed by atoms with van der Waals surface area (Å²) in [6.07, 6.45) is 0.931. The normalized spacial score (nSPS) is 19.2. The molecule has 0 unspecified atom stereocenters. The second-order valence-corrected chi connectivity index (χ2v) is 9.79. The van der Waals surface area contributed by atoms with E-state index in [2.05, 4.69) is 4.90 Å². The maximum Gasteiger partial charge on any atom is 0.257 e. The van der Waals surface area contributed by atoms with Gasteiger partial charge in [0.2, 0.25) is 5.91 Å². The Morgan fingerprint density at radius 1 is 0.921 bits per heavy atom. The highest BCUT2D eigenvalue weighted by molar-refractivity contribution is 5.99. The Hall–Kier alpha value is -3.79. The van der Waals surface area contributed by atoms with Crippen LogP contribution in [0.5, 0.6) is 11.5 Å². The van der Waals surface area contributed by atoms with Crippen LogP contribution in [0.3, 0.4) is 0 Å². The Labute approximate surface area is 222 Å². The summed E-state index contributed by atoms with van der Waals surface area (Å²) in [6, 6.07) is 15.0. The van der Waals surface area contributed by atoms with E-state index in [0.717, 1.165) is 5.69 Å². The summed E-state index contributed by atoms with van der Waals surface area (Å²) in [6.45, 7) is 3.31. The Balaban J connectivity index is 1.35. The van der Waals surface area contributed by atoms with Gasteiger partial charge in [-0.2, -0.15) is 0 Å². The Morgan fingerprint density at radius 3 is 2.29 bits per heavy atom. The number of methoxy groups -OCH3 is 2. The van der Waals surface area contributed by atoms with Crippen molar-refractivity contribution in [1.82, 2.24) is 14.7 Å². The molecule has 3 aliphatic rings. The highest BCUT2D eigenvalue weighted by Crippen LogP contribution is 2.40. The first kappa shape index (κ1) is 25.8. The summed E-state index contributed by atoms with van der Waals surface area (Å²) in [5.41, 5.74) is 0.575. The molecule has 10 heteroatoms. The summed E-state index contributed by atoms with van der Waals surface area (Å²) >= 11 is 0. The van der Waals surface area contributed by atoms with Crippen LogP contribution < -0.4 is 14.4 Å².